The summed E-state index contributed by atoms with van der Waals surface area (Å²) in [5.74, 6) is 0.517. The van der Waals surface area contributed by atoms with Crippen molar-refractivity contribution >= 4 is 11.6 Å². The van der Waals surface area contributed by atoms with Gasteiger partial charge in [-0.1, -0.05) is 6.07 Å². The number of hydrogen-bond acceptors (Lipinski definition) is 4. The van der Waals surface area contributed by atoms with Gasteiger partial charge in [0, 0.05) is 12.6 Å². The molecule has 0 saturated carbocycles. The summed E-state index contributed by atoms with van der Waals surface area (Å²) >= 11 is 0. The highest BCUT2D eigenvalue weighted by molar-refractivity contribution is 5.97. The van der Waals surface area contributed by atoms with Gasteiger partial charge >= 0.3 is 0 Å². The molecule has 0 radical (unpaired) electrons. The van der Waals surface area contributed by atoms with Crippen LogP contribution in [-0.4, -0.2) is 23.7 Å². The SMILES string of the molecule is CC1Oc2ccc(C(N)CCCO)cc2NC1=O. The Hall–Kier alpha value is -1.59. The number of ether oxygens (including phenoxy) is 1. The second-order valence-electron chi connectivity index (χ2n) is 4.48. The largest absolute Gasteiger partial charge is 0.479 e. The van der Waals surface area contributed by atoms with Crippen molar-refractivity contribution in [3.8, 4) is 5.75 Å². The van der Waals surface area contributed by atoms with Crippen LogP contribution < -0.4 is 15.8 Å². The first-order valence-corrected chi connectivity index (χ1v) is 6.09. The highest BCUT2D eigenvalue weighted by atomic mass is 16.5. The van der Waals surface area contributed by atoms with Gasteiger partial charge in [0.15, 0.2) is 6.10 Å². The summed E-state index contributed by atoms with van der Waals surface area (Å²) in [6.07, 6.45) is 0.907. The van der Waals surface area contributed by atoms with Crippen LogP contribution in [0.3, 0.4) is 0 Å². The molecule has 0 bridgehead atoms. The zero-order chi connectivity index (χ0) is 13.1. The van der Waals surface area contributed by atoms with Gasteiger partial charge in [-0.2, -0.15) is 0 Å². The number of fused-ring (bicyclic) bond motifs is 1. The molecule has 1 aromatic carbocycles. The molecule has 4 N–H and O–H groups in total. The monoisotopic (exact) mass is 250 g/mol. The van der Waals surface area contributed by atoms with Crippen molar-refractivity contribution in [3.63, 3.8) is 0 Å². The van der Waals surface area contributed by atoms with Crippen LogP contribution in [-0.2, 0) is 4.79 Å². The molecule has 2 unspecified atom stereocenters. The van der Waals surface area contributed by atoms with Crippen LogP contribution in [0.4, 0.5) is 5.69 Å². The second-order valence-corrected chi connectivity index (χ2v) is 4.48. The van der Waals surface area contributed by atoms with Gasteiger partial charge in [-0.25, -0.2) is 0 Å². The maximum atomic E-state index is 11.5. The van der Waals surface area contributed by atoms with E-state index in [-0.39, 0.29) is 18.6 Å². The summed E-state index contributed by atoms with van der Waals surface area (Å²) in [6, 6.07) is 5.41. The summed E-state index contributed by atoms with van der Waals surface area (Å²) in [5.41, 5.74) is 7.60. The van der Waals surface area contributed by atoms with Crippen LogP contribution in [0, 0.1) is 0 Å². The van der Waals surface area contributed by atoms with Gasteiger partial charge < -0.3 is 20.9 Å². The maximum Gasteiger partial charge on any atom is 0.265 e. The van der Waals surface area contributed by atoms with Crippen LogP contribution in [0.15, 0.2) is 18.2 Å². The topological polar surface area (TPSA) is 84.6 Å². The number of hydrogen-bond donors (Lipinski definition) is 3. The van der Waals surface area contributed by atoms with Crippen molar-refractivity contribution < 1.29 is 14.6 Å². The molecule has 2 atom stereocenters. The lowest BCUT2D eigenvalue weighted by atomic mass is 10.0. The molecule has 5 nitrogen and oxygen atoms in total. The number of rotatable bonds is 4. The highest BCUT2D eigenvalue weighted by Gasteiger charge is 2.23. The summed E-state index contributed by atoms with van der Waals surface area (Å²) in [4.78, 5) is 11.5. The summed E-state index contributed by atoms with van der Waals surface area (Å²) < 4.78 is 5.47. The van der Waals surface area contributed by atoms with Gasteiger partial charge in [0.1, 0.15) is 5.75 Å². The molecule has 0 fully saturated rings. The molecule has 98 valence electrons. The number of aliphatic hydroxyl groups excluding tert-OH is 1. The van der Waals surface area contributed by atoms with Gasteiger partial charge in [-0.15, -0.1) is 0 Å². The Morgan fingerprint density at radius 3 is 3.06 bits per heavy atom. The Kier molecular flexibility index (Phi) is 3.84. The van der Waals surface area contributed by atoms with Crippen LogP contribution >= 0.6 is 0 Å². The van der Waals surface area contributed by atoms with E-state index in [0.29, 0.717) is 24.3 Å². The number of nitrogens with two attached hydrogens (primary N) is 1. The van der Waals surface area contributed by atoms with E-state index in [1.807, 2.05) is 18.2 Å². The van der Waals surface area contributed by atoms with Crippen LogP contribution in [0.5, 0.6) is 5.75 Å². The minimum absolute atomic E-state index is 0.135. The van der Waals surface area contributed by atoms with Crippen LogP contribution in [0.2, 0.25) is 0 Å². The molecule has 1 amide bonds. The molecule has 1 aliphatic heterocycles. The molecule has 0 spiro atoms. The van der Waals surface area contributed by atoms with Crippen molar-refractivity contribution in [3.05, 3.63) is 23.8 Å². The molecule has 5 heteroatoms. The van der Waals surface area contributed by atoms with Crippen molar-refractivity contribution in [2.75, 3.05) is 11.9 Å². The minimum atomic E-state index is -0.466. The molecule has 1 heterocycles. The van der Waals surface area contributed by atoms with Crippen molar-refractivity contribution in [2.45, 2.75) is 31.9 Å². The van der Waals surface area contributed by atoms with E-state index < -0.39 is 6.10 Å². The van der Waals surface area contributed by atoms with E-state index >= 15 is 0 Å². The number of anilines is 1. The fraction of sp³-hybridized carbons (Fsp3) is 0.462. The Balaban J connectivity index is 2.17. The first-order valence-electron chi connectivity index (χ1n) is 6.09. The molecule has 2 rings (SSSR count). The molecule has 1 aromatic rings. The normalized spacial score (nSPS) is 19.7. The Morgan fingerprint density at radius 2 is 2.33 bits per heavy atom. The van der Waals surface area contributed by atoms with E-state index in [1.54, 1.807) is 6.92 Å². The molecule has 0 saturated heterocycles. The number of carbonyl (C=O) groups excluding carboxylic acids is 1. The molecule has 0 aromatic heterocycles. The van der Waals surface area contributed by atoms with Gasteiger partial charge in [0.25, 0.3) is 5.91 Å². The van der Waals surface area contributed by atoms with E-state index in [4.69, 9.17) is 15.6 Å². The van der Waals surface area contributed by atoms with Crippen molar-refractivity contribution in [2.24, 2.45) is 5.73 Å². The summed E-state index contributed by atoms with van der Waals surface area (Å²) in [5, 5.41) is 11.6. The zero-order valence-electron chi connectivity index (χ0n) is 10.3. The van der Waals surface area contributed by atoms with Gasteiger partial charge in [-0.05, 0) is 37.5 Å². The number of benzene rings is 1. The van der Waals surface area contributed by atoms with Gasteiger partial charge in [-0.3, -0.25) is 4.79 Å². The predicted molar refractivity (Wildman–Crippen MR) is 68.4 cm³/mol. The average Bonchev–Trinajstić information content (AvgIpc) is 2.36. The van der Waals surface area contributed by atoms with Gasteiger partial charge in [0.2, 0.25) is 0 Å². The fourth-order valence-electron chi connectivity index (χ4n) is 1.93. The number of carbonyl (C=O) groups is 1. The lowest BCUT2D eigenvalue weighted by Crippen LogP contribution is -2.34. The third kappa shape index (κ3) is 2.63. The smallest absolute Gasteiger partial charge is 0.265 e. The maximum absolute atomic E-state index is 11.5. The standard InChI is InChI=1S/C13H18N2O3/c1-8-13(17)15-11-7-9(4-5-12(11)18-8)10(14)3-2-6-16/h4-5,7-8,10,16H,2-3,6,14H2,1H3,(H,15,17). The first-order chi connectivity index (χ1) is 8.61. The third-order valence-corrected chi connectivity index (χ3v) is 3.04. The molecular formula is C13H18N2O3. The lowest BCUT2D eigenvalue weighted by molar-refractivity contribution is -0.122. The zero-order valence-corrected chi connectivity index (χ0v) is 10.3. The molecule has 0 aliphatic carbocycles. The van der Waals surface area contributed by atoms with E-state index in [0.717, 1.165) is 5.56 Å². The third-order valence-electron chi connectivity index (χ3n) is 3.04. The Labute approximate surface area is 106 Å². The Bertz CT molecular complexity index is 448. The molecule has 18 heavy (non-hydrogen) atoms. The lowest BCUT2D eigenvalue weighted by Gasteiger charge is -2.24. The predicted octanol–water partition coefficient (Wildman–Crippen LogP) is 1.18. The molecular weight excluding hydrogens is 232 g/mol. The quantitative estimate of drug-likeness (QED) is 0.749. The highest BCUT2D eigenvalue weighted by Crippen LogP contribution is 2.32. The van der Waals surface area contributed by atoms with E-state index in [2.05, 4.69) is 5.32 Å². The first kappa shape index (κ1) is 12.9. The van der Waals surface area contributed by atoms with Crippen LogP contribution in [0.25, 0.3) is 0 Å². The number of amides is 1. The second kappa shape index (κ2) is 5.37. The van der Waals surface area contributed by atoms with Crippen molar-refractivity contribution in [1.82, 2.24) is 0 Å². The summed E-state index contributed by atoms with van der Waals surface area (Å²) in [6.45, 7) is 1.84. The van der Waals surface area contributed by atoms with Crippen LogP contribution in [0.1, 0.15) is 31.4 Å². The van der Waals surface area contributed by atoms with Gasteiger partial charge in [0.05, 0.1) is 5.69 Å². The summed E-state index contributed by atoms with van der Waals surface area (Å²) in [7, 11) is 0. The average molecular weight is 250 g/mol. The number of aliphatic hydroxyl groups is 1. The van der Waals surface area contributed by atoms with E-state index in [1.165, 1.54) is 0 Å². The van der Waals surface area contributed by atoms with Crippen molar-refractivity contribution in [1.29, 1.82) is 0 Å². The number of nitrogens with one attached hydrogen (secondary N) is 1. The minimum Gasteiger partial charge on any atom is -0.479 e. The Morgan fingerprint density at radius 1 is 1.56 bits per heavy atom. The fourth-order valence-corrected chi connectivity index (χ4v) is 1.93. The van der Waals surface area contributed by atoms with E-state index in [9.17, 15) is 4.79 Å². The molecule has 1 aliphatic rings.